The Bertz CT molecular complexity index is 522. The Balaban J connectivity index is 2.01. The van der Waals surface area contributed by atoms with Gasteiger partial charge in [0.1, 0.15) is 0 Å². The molecule has 1 aromatic carbocycles. The number of hydrogen-bond donors (Lipinski definition) is 1. The van der Waals surface area contributed by atoms with Crippen molar-refractivity contribution in [3.63, 3.8) is 0 Å². The van der Waals surface area contributed by atoms with E-state index in [4.69, 9.17) is 10.3 Å². The molecule has 0 aliphatic carbocycles. The summed E-state index contributed by atoms with van der Waals surface area (Å²) in [6, 6.07) is 6.64. The molecule has 4 nitrogen and oxygen atoms in total. The number of fused-ring (bicyclic) bond motifs is 1. The fourth-order valence-electron chi connectivity index (χ4n) is 2.82. The largest absolute Gasteiger partial charge is 0.356 e. The number of para-hydroxylation sites is 1. The van der Waals surface area contributed by atoms with Gasteiger partial charge in [-0.3, -0.25) is 4.90 Å². The Kier molecular flexibility index (Phi) is 2.61. The van der Waals surface area contributed by atoms with Crippen LogP contribution >= 0.6 is 0 Å². The van der Waals surface area contributed by atoms with E-state index in [2.05, 4.69) is 29.2 Å². The fraction of sp³-hybridized carbons (Fsp3) is 0.462. The molecule has 0 bridgehead atoms. The van der Waals surface area contributed by atoms with Crippen molar-refractivity contribution in [2.75, 3.05) is 20.1 Å². The molecule has 0 saturated carbocycles. The van der Waals surface area contributed by atoms with Crippen LogP contribution in [0.3, 0.4) is 0 Å². The standard InChI is InChI=1S/C13H17N3O/c1-16-8-9(6-14)5-12(16)11-4-2-3-10-7-15-17-13(10)11/h2-4,7,9,12H,5-6,8,14H2,1H3. The summed E-state index contributed by atoms with van der Waals surface area (Å²) in [5.41, 5.74) is 7.92. The van der Waals surface area contributed by atoms with Gasteiger partial charge < -0.3 is 10.3 Å². The Morgan fingerprint density at radius 2 is 2.41 bits per heavy atom. The van der Waals surface area contributed by atoms with Crippen molar-refractivity contribution >= 4 is 11.0 Å². The third kappa shape index (κ3) is 1.73. The smallest absolute Gasteiger partial charge is 0.171 e. The number of aromatic nitrogens is 1. The predicted octanol–water partition coefficient (Wildman–Crippen LogP) is 1.78. The average Bonchev–Trinajstić information content (AvgIpc) is 2.94. The summed E-state index contributed by atoms with van der Waals surface area (Å²) < 4.78 is 5.37. The van der Waals surface area contributed by atoms with Crippen molar-refractivity contribution in [1.82, 2.24) is 10.1 Å². The van der Waals surface area contributed by atoms with E-state index in [1.54, 1.807) is 6.20 Å². The van der Waals surface area contributed by atoms with Gasteiger partial charge in [0.25, 0.3) is 0 Å². The molecule has 2 heterocycles. The Labute approximate surface area is 100 Å². The minimum Gasteiger partial charge on any atom is -0.356 e. The second kappa shape index (κ2) is 4.13. The van der Waals surface area contributed by atoms with Crippen molar-refractivity contribution in [2.24, 2.45) is 11.7 Å². The quantitative estimate of drug-likeness (QED) is 0.856. The molecule has 17 heavy (non-hydrogen) atoms. The Hall–Kier alpha value is -1.39. The van der Waals surface area contributed by atoms with E-state index in [1.807, 2.05) is 6.07 Å². The zero-order valence-corrected chi connectivity index (χ0v) is 9.97. The summed E-state index contributed by atoms with van der Waals surface area (Å²) >= 11 is 0. The number of benzene rings is 1. The number of rotatable bonds is 2. The van der Waals surface area contributed by atoms with Crippen LogP contribution in [0.1, 0.15) is 18.0 Å². The molecule has 0 spiro atoms. The van der Waals surface area contributed by atoms with Gasteiger partial charge in [0, 0.05) is 23.5 Å². The summed E-state index contributed by atoms with van der Waals surface area (Å²) in [6.07, 6.45) is 2.88. The van der Waals surface area contributed by atoms with Gasteiger partial charge in [0.2, 0.25) is 0 Å². The summed E-state index contributed by atoms with van der Waals surface area (Å²) in [4.78, 5) is 2.36. The molecule has 0 amide bonds. The molecule has 1 saturated heterocycles. The molecule has 2 aromatic rings. The Morgan fingerprint density at radius 1 is 1.53 bits per heavy atom. The van der Waals surface area contributed by atoms with Gasteiger partial charge in [-0.2, -0.15) is 0 Å². The molecular formula is C13H17N3O. The second-order valence-electron chi connectivity index (χ2n) is 4.88. The third-order valence-electron chi connectivity index (χ3n) is 3.74. The van der Waals surface area contributed by atoms with Crippen molar-refractivity contribution in [2.45, 2.75) is 12.5 Å². The van der Waals surface area contributed by atoms with Crippen LogP contribution < -0.4 is 5.73 Å². The predicted molar refractivity (Wildman–Crippen MR) is 66.5 cm³/mol. The lowest BCUT2D eigenvalue weighted by Crippen LogP contribution is -2.20. The van der Waals surface area contributed by atoms with Gasteiger partial charge >= 0.3 is 0 Å². The summed E-state index contributed by atoms with van der Waals surface area (Å²) in [7, 11) is 2.15. The highest BCUT2D eigenvalue weighted by atomic mass is 16.5. The minimum atomic E-state index is 0.403. The summed E-state index contributed by atoms with van der Waals surface area (Å²) in [5, 5.41) is 4.96. The van der Waals surface area contributed by atoms with E-state index >= 15 is 0 Å². The van der Waals surface area contributed by atoms with Gasteiger partial charge in [-0.05, 0) is 32.0 Å². The topological polar surface area (TPSA) is 55.3 Å². The zero-order chi connectivity index (χ0) is 11.8. The van der Waals surface area contributed by atoms with E-state index in [1.165, 1.54) is 5.56 Å². The van der Waals surface area contributed by atoms with E-state index in [9.17, 15) is 0 Å². The normalized spacial score (nSPS) is 25.8. The van der Waals surface area contributed by atoms with Crippen molar-refractivity contribution in [1.29, 1.82) is 0 Å². The van der Waals surface area contributed by atoms with Gasteiger partial charge in [-0.1, -0.05) is 17.3 Å². The molecule has 1 fully saturated rings. The number of nitrogens with zero attached hydrogens (tertiary/aromatic N) is 2. The molecule has 2 unspecified atom stereocenters. The van der Waals surface area contributed by atoms with Gasteiger partial charge in [0.15, 0.2) is 5.58 Å². The first-order valence-corrected chi connectivity index (χ1v) is 6.03. The maximum atomic E-state index is 5.77. The molecule has 1 aliphatic heterocycles. The van der Waals surface area contributed by atoms with Crippen molar-refractivity contribution in [3.8, 4) is 0 Å². The highest BCUT2D eigenvalue weighted by Gasteiger charge is 2.31. The van der Waals surface area contributed by atoms with E-state index in [0.29, 0.717) is 12.0 Å². The number of likely N-dealkylation sites (tertiary alicyclic amines) is 1. The van der Waals surface area contributed by atoms with E-state index in [0.717, 1.165) is 30.5 Å². The lowest BCUT2D eigenvalue weighted by Gasteiger charge is -2.19. The zero-order valence-electron chi connectivity index (χ0n) is 9.97. The molecule has 0 radical (unpaired) electrons. The van der Waals surface area contributed by atoms with Crippen LogP contribution in [0.5, 0.6) is 0 Å². The second-order valence-corrected chi connectivity index (χ2v) is 4.88. The van der Waals surface area contributed by atoms with Gasteiger partial charge in [-0.25, -0.2) is 0 Å². The molecule has 3 rings (SSSR count). The van der Waals surface area contributed by atoms with Gasteiger partial charge in [-0.15, -0.1) is 0 Å². The number of nitrogens with two attached hydrogens (primary N) is 1. The fourth-order valence-corrected chi connectivity index (χ4v) is 2.82. The van der Waals surface area contributed by atoms with Crippen molar-refractivity contribution < 1.29 is 4.52 Å². The third-order valence-corrected chi connectivity index (χ3v) is 3.74. The van der Waals surface area contributed by atoms with Crippen LogP contribution in [0.25, 0.3) is 11.0 Å². The number of hydrogen-bond acceptors (Lipinski definition) is 4. The lowest BCUT2D eigenvalue weighted by atomic mass is 9.99. The average molecular weight is 231 g/mol. The SMILES string of the molecule is CN1CC(CN)CC1c1cccc2cnoc12. The van der Waals surface area contributed by atoms with Crippen LogP contribution in [-0.4, -0.2) is 30.2 Å². The molecular weight excluding hydrogens is 214 g/mol. The van der Waals surface area contributed by atoms with Crippen LogP contribution in [0.4, 0.5) is 0 Å². The molecule has 4 heteroatoms. The van der Waals surface area contributed by atoms with Crippen LogP contribution in [-0.2, 0) is 0 Å². The Morgan fingerprint density at radius 3 is 3.18 bits per heavy atom. The first-order chi connectivity index (χ1) is 8.29. The van der Waals surface area contributed by atoms with Crippen LogP contribution in [0.15, 0.2) is 28.9 Å². The summed E-state index contributed by atoms with van der Waals surface area (Å²) in [5.74, 6) is 0.586. The van der Waals surface area contributed by atoms with Gasteiger partial charge in [0.05, 0.1) is 6.20 Å². The molecule has 1 aromatic heterocycles. The maximum Gasteiger partial charge on any atom is 0.171 e. The van der Waals surface area contributed by atoms with Crippen molar-refractivity contribution in [3.05, 3.63) is 30.0 Å². The lowest BCUT2D eigenvalue weighted by molar-refractivity contribution is 0.311. The summed E-state index contributed by atoms with van der Waals surface area (Å²) in [6.45, 7) is 1.82. The van der Waals surface area contributed by atoms with E-state index in [-0.39, 0.29) is 0 Å². The molecule has 1 aliphatic rings. The minimum absolute atomic E-state index is 0.403. The monoisotopic (exact) mass is 231 g/mol. The first-order valence-electron chi connectivity index (χ1n) is 6.03. The molecule has 2 atom stereocenters. The van der Waals surface area contributed by atoms with Crippen LogP contribution in [0.2, 0.25) is 0 Å². The van der Waals surface area contributed by atoms with Crippen LogP contribution in [0, 0.1) is 5.92 Å². The molecule has 2 N–H and O–H groups in total. The highest BCUT2D eigenvalue weighted by Crippen LogP contribution is 2.36. The highest BCUT2D eigenvalue weighted by molar-refractivity contribution is 5.79. The van der Waals surface area contributed by atoms with E-state index < -0.39 is 0 Å². The first kappa shape index (κ1) is 10.7. The maximum absolute atomic E-state index is 5.77. The molecule has 90 valence electrons.